The normalized spacial score (nSPS) is 11.8. The van der Waals surface area contributed by atoms with Gasteiger partial charge in [-0.1, -0.05) is 25.1 Å². The molecule has 0 bridgehead atoms. The lowest BCUT2D eigenvalue weighted by atomic mass is 10.2. The molecule has 0 fully saturated rings. The summed E-state index contributed by atoms with van der Waals surface area (Å²) in [6, 6.07) is 15.6. The van der Waals surface area contributed by atoms with Crippen molar-refractivity contribution in [2.45, 2.75) is 43.6 Å². The highest BCUT2D eigenvalue weighted by Crippen LogP contribution is 2.29. The summed E-state index contributed by atoms with van der Waals surface area (Å²) in [5, 5.41) is 12.3. The molecule has 3 rings (SSSR count). The smallest absolute Gasteiger partial charge is 0.237 e. The van der Waals surface area contributed by atoms with Gasteiger partial charge in [-0.3, -0.25) is 4.79 Å². The van der Waals surface area contributed by atoms with E-state index < -0.39 is 0 Å². The molecule has 0 aliphatic carbocycles. The van der Waals surface area contributed by atoms with E-state index in [1.807, 2.05) is 74.4 Å². The fourth-order valence-corrected chi connectivity index (χ4v) is 4.02. The Morgan fingerprint density at radius 3 is 2.41 bits per heavy atom. The van der Waals surface area contributed by atoms with E-state index in [0.717, 1.165) is 53.1 Å². The lowest BCUT2D eigenvalue weighted by molar-refractivity contribution is -0.115. The second kappa shape index (κ2) is 11.0. The van der Waals surface area contributed by atoms with Gasteiger partial charge in [0.05, 0.1) is 12.4 Å². The molecule has 32 heavy (non-hydrogen) atoms. The van der Waals surface area contributed by atoms with Gasteiger partial charge in [0.15, 0.2) is 11.0 Å². The van der Waals surface area contributed by atoms with Crippen LogP contribution in [0, 0.1) is 0 Å². The summed E-state index contributed by atoms with van der Waals surface area (Å²) < 4.78 is 7.36. The van der Waals surface area contributed by atoms with E-state index in [9.17, 15) is 4.79 Å². The van der Waals surface area contributed by atoms with Gasteiger partial charge in [0.25, 0.3) is 0 Å². The van der Waals surface area contributed by atoms with Gasteiger partial charge >= 0.3 is 0 Å². The largest absolute Gasteiger partial charge is 0.497 e. The number of carbonyl (C=O) groups is 1. The van der Waals surface area contributed by atoms with E-state index in [1.54, 1.807) is 7.11 Å². The van der Waals surface area contributed by atoms with Crippen molar-refractivity contribution in [3.8, 4) is 17.1 Å². The number of nitrogens with one attached hydrogen (secondary N) is 1. The van der Waals surface area contributed by atoms with Crippen molar-refractivity contribution in [1.82, 2.24) is 14.8 Å². The number of ether oxygens (including phenoxy) is 1. The minimum absolute atomic E-state index is 0.0661. The Kier molecular flexibility index (Phi) is 8.16. The second-order valence-electron chi connectivity index (χ2n) is 7.73. The maximum Gasteiger partial charge on any atom is 0.237 e. The van der Waals surface area contributed by atoms with Gasteiger partial charge in [0, 0.05) is 37.6 Å². The fraction of sp³-hybridized carbons (Fsp3) is 0.375. The lowest BCUT2D eigenvalue weighted by Gasteiger charge is -2.15. The Hall–Kier alpha value is -3.00. The summed E-state index contributed by atoms with van der Waals surface area (Å²) in [5.74, 6) is 1.53. The van der Waals surface area contributed by atoms with Crippen molar-refractivity contribution in [2.75, 3.05) is 31.4 Å². The first-order chi connectivity index (χ1) is 15.4. The molecule has 0 saturated carbocycles. The molecule has 0 aliphatic rings. The number of nitrogens with zero attached hydrogens (tertiary/aromatic N) is 4. The molecule has 0 aliphatic heterocycles. The Labute approximate surface area is 194 Å². The van der Waals surface area contributed by atoms with Crippen molar-refractivity contribution in [1.29, 1.82) is 0 Å². The number of carbonyl (C=O) groups excluding carboxylic acids is 1. The van der Waals surface area contributed by atoms with Crippen LogP contribution in [0.15, 0.2) is 53.7 Å². The SMILES string of the molecule is CCCCn1c(SC(C)C(=O)Nc2ccc(N(C)C)cc2)nnc1-c1ccc(OC)cc1. The molecule has 0 saturated heterocycles. The number of rotatable bonds is 10. The molecule has 7 nitrogen and oxygen atoms in total. The second-order valence-corrected chi connectivity index (χ2v) is 9.04. The van der Waals surface area contributed by atoms with E-state index in [4.69, 9.17) is 4.74 Å². The zero-order valence-electron chi connectivity index (χ0n) is 19.3. The molecule has 3 aromatic rings. The standard InChI is InChI=1S/C24H31N5O2S/c1-6-7-16-29-22(18-8-14-21(31-5)15-9-18)26-27-24(29)32-17(2)23(30)25-19-10-12-20(13-11-19)28(3)4/h8-15,17H,6-7,16H2,1-5H3,(H,25,30). The van der Waals surface area contributed by atoms with Gasteiger partial charge in [0.1, 0.15) is 5.75 Å². The van der Waals surface area contributed by atoms with Crippen molar-refractivity contribution < 1.29 is 9.53 Å². The van der Waals surface area contributed by atoms with Crippen molar-refractivity contribution >= 4 is 29.0 Å². The maximum absolute atomic E-state index is 12.8. The third-order valence-electron chi connectivity index (χ3n) is 5.10. The van der Waals surface area contributed by atoms with Crippen LogP contribution in [0.25, 0.3) is 11.4 Å². The number of anilines is 2. The summed E-state index contributed by atoms with van der Waals surface area (Å²) >= 11 is 1.42. The number of methoxy groups -OCH3 is 1. The Morgan fingerprint density at radius 2 is 1.81 bits per heavy atom. The van der Waals surface area contributed by atoms with Crippen LogP contribution in [0.5, 0.6) is 5.75 Å². The highest BCUT2D eigenvalue weighted by atomic mass is 32.2. The predicted molar refractivity (Wildman–Crippen MR) is 132 cm³/mol. The number of hydrogen-bond donors (Lipinski definition) is 1. The third kappa shape index (κ3) is 5.82. The molecule has 1 atom stereocenters. The highest BCUT2D eigenvalue weighted by molar-refractivity contribution is 8.00. The van der Waals surface area contributed by atoms with E-state index in [-0.39, 0.29) is 11.2 Å². The van der Waals surface area contributed by atoms with Crippen LogP contribution in [0.4, 0.5) is 11.4 Å². The van der Waals surface area contributed by atoms with Crippen molar-refractivity contribution in [2.24, 2.45) is 0 Å². The molecule has 2 aromatic carbocycles. The molecule has 1 N–H and O–H groups in total. The molecule has 8 heteroatoms. The topological polar surface area (TPSA) is 72.3 Å². The van der Waals surface area contributed by atoms with Crippen LogP contribution in [0.3, 0.4) is 0 Å². The number of hydrogen-bond acceptors (Lipinski definition) is 6. The van der Waals surface area contributed by atoms with Crippen LogP contribution >= 0.6 is 11.8 Å². The summed E-state index contributed by atoms with van der Waals surface area (Å²) in [7, 11) is 5.62. The monoisotopic (exact) mass is 453 g/mol. The predicted octanol–water partition coefficient (Wildman–Crippen LogP) is 4.94. The maximum atomic E-state index is 12.8. The van der Waals surface area contributed by atoms with Crippen molar-refractivity contribution in [3.63, 3.8) is 0 Å². The molecule has 170 valence electrons. The molecule has 0 spiro atoms. The van der Waals surface area contributed by atoms with Gasteiger partial charge < -0.3 is 19.5 Å². The van der Waals surface area contributed by atoms with Gasteiger partial charge in [-0.05, 0) is 61.9 Å². The number of amides is 1. The first kappa shape index (κ1) is 23.7. The fourth-order valence-electron chi connectivity index (χ4n) is 3.15. The van der Waals surface area contributed by atoms with Gasteiger partial charge in [-0.25, -0.2) is 0 Å². The Bertz CT molecular complexity index is 1020. The lowest BCUT2D eigenvalue weighted by Crippen LogP contribution is -2.23. The third-order valence-corrected chi connectivity index (χ3v) is 6.18. The molecule has 1 heterocycles. The van der Waals surface area contributed by atoms with Crippen molar-refractivity contribution in [3.05, 3.63) is 48.5 Å². The molecule has 1 aromatic heterocycles. The summed E-state index contributed by atoms with van der Waals surface area (Å²) in [6.07, 6.45) is 2.07. The van der Waals surface area contributed by atoms with Crippen LogP contribution in [-0.2, 0) is 11.3 Å². The van der Waals surface area contributed by atoms with E-state index in [1.165, 1.54) is 11.8 Å². The average Bonchev–Trinajstić information content (AvgIpc) is 3.20. The van der Waals surface area contributed by atoms with Crippen LogP contribution in [-0.4, -0.2) is 47.1 Å². The van der Waals surface area contributed by atoms with Crippen LogP contribution in [0.2, 0.25) is 0 Å². The average molecular weight is 454 g/mol. The molecular formula is C24H31N5O2S. The quantitative estimate of drug-likeness (QED) is 0.439. The summed E-state index contributed by atoms with van der Waals surface area (Å²) in [4.78, 5) is 14.8. The summed E-state index contributed by atoms with van der Waals surface area (Å²) in [6.45, 7) is 4.84. The van der Waals surface area contributed by atoms with E-state index in [2.05, 4.69) is 27.0 Å². The summed E-state index contributed by atoms with van der Waals surface area (Å²) in [5.41, 5.74) is 2.83. The molecule has 0 radical (unpaired) electrons. The molecule has 1 unspecified atom stereocenters. The number of thioether (sulfide) groups is 1. The molecule has 1 amide bonds. The first-order valence-electron chi connectivity index (χ1n) is 10.8. The first-order valence-corrected chi connectivity index (χ1v) is 11.6. The number of benzene rings is 2. The number of aromatic nitrogens is 3. The Morgan fingerprint density at radius 1 is 1.12 bits per heavy atom. The number of unbranched alkanes of at least 4 members (excludes halogenated alkanes) is 1. The zero-order chi connectivity index (χ0) is 23.1. The Balaban J connectivity index is 1.74. The van der Waals surface area contributed by atoms with Crippen LogP contribution < -0.4 is 15.0 Å². The minimum atomic E-state index is -0.322. The van der Waals surface area contributed by atoms with E-state index in [0.29, 0.717) is 0 Å². The zero-order valence-corrected chi connectivity index (χ0v) is 20.1. The van der Waals surface area contributed by atoms with Gasteiger partial charge in [-0.2, -0.15) is 0 Å². The van der Waals surface area contributed by atoms with E-state index >= 15 is 0 Å². The van der Waals surface area contributed by atoms with Gasteiger partial charge in [-0.15, -0.1) is 10.2 Å². The minimum Gasteiger partial charge on any atom is -0.497 e. The van der Waals surface area contributed by atoms with Gasteiger partial charge in [0.2, 0.25) is 5.91 Å². The highest BCUT2D eigenvalue weighted by Gasteiger charge is 2.21. The van der Waals surface area contributed by atoms with Crippen LogP contribution in [0.1, 0.15) is 26.7 Å². The molecular weight excluding hydrogens is 422 g/mol.